The molecule has 18 heavy (non-hydrogen) atoms. The lowest BCUT2D eigenvalue weighted by Gasteiger charge is -2.17. The number of aliphatic hydroxyl groups excluding tert-OH is 1. The van der Waals surface area contributed by atoms with Crippen molar-refractivity contribution in [2.45, 2.75) is 25.9 Å². The standard InChI is InChI=1S/C9H9F5N2O2/c10-8(11)5-2-16-6(3-17)7(4(5)1-15)18-9(12,13)14/h2,8,17H,1,3,15H2. The minimum atomic E-state index is -5.09. The first-order chi connectivity index (χ1) is 8.30. The van der Waals surface area contributed by atoms with Crippen LogP contribution in [0, 0.1) is 0 Å². The zero-order chi connectivity index (χ0) is 13.9. The van der Waals surface area contributed by atoms with Crippen molar-refractivity contribution in [2.75, 3.05) is 0 Å². The van der Waals surface area contributed by atoms with E-state index in [1.165, 1.54) is 0 Å². The van der Waals surface area contributed by atoms with Gasteiger partial charge in [0.15, 0.2) is 5.75 Å². The van der Waals surface area contributed by atoms with Crippen molar-refractivity contribution in [3.63, 3.8) is 0 Å². The minimum Gasteiger partial charge on any atom is -0.403 e. The third kappa shape index (κ3) is 3.26. The van der Waals surface area contributed by atoms with E-state index in [-0.39, 0.29) is 0 Å². The molecule has 1 rings (SSSR count). The van der Waals surface area contributed by atoms with Gasteiger partial charge in [-0.15, -0.1) is 13.2 Å². The van der Waals surface area contributed by atoms with Crippen LogP contribution in [0.3, 0.4) is 0 Å². The third-order valence-corrected chi connectivity index (χ3v) is 2.05. The number of pyridine rings is 1. The van der Waals surface area contributed by atoms with Gasteiger partial charge in [0.05, 0.1) is 6.61 Å². The summed E-state index contributed by atoms with van der Waals surface area (Å²) in [5, 5.41) is 8.83. The predicted octanol–water partition coefficient (Wildman–Crippen LogP) is 1.87. The Bertz CT molecular complexity index is 422. The summed E-state index contributed by atoms with van der Waals surface area (Å²) >= 11 is 0. The number of aliphatic hydroxyl groups is 1. The van der Waals surface area contributed by atoms with E-state index < -0.39 is 48.5 Å². The normalized spacial score (nSPS) is 12.0. The smallest absolute Gasteiger partial charge is 0.403 e. The van der Waals surface area contributed by atoms with Gasteiger partial charge < -0.3 is 15.6 Å². The lowest BCUT2D eigenvalue weighted by atomic mass is 10.1. The molecule has 102 valence electrons. The number of rotatable bonds is 4. The van der Waals surface area contributed by atoms with Gasteiger partial charge in [-0.1, -0.05) is 0 Å². The fourth-order valence-electron chi connectivity index (χ4n) is 1.34. The first-order valence-corrected chi connectivity index (χ1v) is 4.65. The van der Waals surface area contributed by atoms with Crippen LogP contribution in [0.4, 0.5) is 22.0 Å². The number of ether oxygens (including phenoxy) is 1. The van der Waals surface area contributed by atoms with Crippen LogP contribution in [0.2, 0.25) is 0 Å². The highest BCUT2D eigenvalue weighted by atomic mass is 19.4. The molecule has 9 heteroatoms. The fraction of sp³-hybridized carbons (Fsp3) is 0.444. The van der Waals surface area contributed by atoms with E-state index in [2.05, 4.69) is 9.72 Å². The lowest BCUT2D eigenvalue weighted by Crippen LogP contribution is -2.21. The molecule has 0 saturated heterocycles. The molecule has 1 aromatic heterocycles. The Kier molecular flexibility index (Phi) is 4.41. The molecule has 0 atom stereocenters. The fourth-order valence-corrected chi connectivity index (χ4v) is 1.34. The van der Waals surface area contributed by atoms with Crippen LogP contribution in [-0.2, 0) is 13.2 Å². The number of hydrogen-bond acceptors (Lipinski definition) is 4. The Balaban J connectivity index is 3.37. The first-order valence-electron chi connectivity index (χ1n) is 4.65. The highest BCUT2D eigenvalue weighted by molar-refractivity contribution is 5.43. The summed E-state index contributed by atoms with van der Waals surface area (Å²) in [5.74, 6) is -0.967. The number of nitrogens with two attached hydrogens (primary N) is 1. The molecular weight excluding hydrogens is 263 g/mol. The average Bonchev–Trinajstić information content (AvgIpc) is 2.26. The van der Waals surface area contributed by atoms with Gasteiger partial charge in [-0.25, -0.2) is 8.78 Å². The van der Waals surface area contributed by atoms with Crippen LogP contribution >= 0.6 is 0 Å². The molecule has 0 aromatic carbocycles. The quantitative estimate of drug-likeness (QED) is 0.821. The van der Waals surface area contributed by atoms with Crippen LogP contribution < -0.4 is 10.5 Å². The molecule has 0 aliphatic heterocycles. The summed E-state index contributed by atoms with van der Waals surface area (Å²) < 4.78 is 65.2. The maximum absolute atomic E-state index is 12.6. The van der Waals surface area contributed by atoms with Crippen molar-refractivity contribution >= 4 is 0 Å². The van der Waals surface area contributed by atoms with Crippen LogP contribution in [-0.4, -0.2) is 16.5 Å². The Morgan fingerprint density at radius 3 is 2.39 bits per heavy atom. The molecular formula is C9H9F5N2O2. The van der Waals surface area contributed by atoms with Gasteiger partial charge in [0.25, 0.3) is 6.43 Å². The zero-order valence-corrected chi connectivity index (χ0v) is 8.84. The van der Waals surface area contributed by atoms with Crippen LogP contribution in [0.5, 0.6) is 5.75 Å². The van der Waals surface area contributed by atoms with Crippen molar-refractivity contribution in [1.29, 1.82) is 0 Å². The van der Waals surface area contributed by atoms with Crippen molar-refractivity contribution in [3.05, 3.63) is 23.0 Å². The summed E-state index contributed by atoms with van der Waals surface area (Å²) in [7, 11) is 0. The second kappa shape index (κ2) is 5.44. The number of aromatic nitrogens is 1. The second-order valence-corrected chi connectivity index (χ2v) is 3.18. The van der Waals surface area contributed by atoms with Crippen LogP contribution in [0.15, 0.2) is 6.20 Å². The van der Waals surface area contributed by atoms with Gasteiger partial charge in [0.2, 0.25) is 0 Å². The van der Waals surface area contributed by atoms with Crippen molar-refractivity contribution in [3.8, 4) is 5.75 Å². The van der Waals surface area contributed by atoms with E-state index in [9.17, 15) is 22.0 Å². The predicted molar refractivity (Wildman–Crippen MR) is 49.7 cm³/mol. The Morgan fingerprint density at radius 1 is 1.39 bits per heavy atom. The summed E-state index contributed by atoms with van der Waals surface area (Å²) in [5.41, 5.74) is 3.36. The van der Waals surface area contributed by atoms with Gasteiger partial charge in [0, 0.05) is 23.9 Å². The minimum absolute atomic E-state index is 0.503. The molecule has 0 fully saturated rings. The Labute approximate surface area is 98.2 Å². The molecule has 0 aliphatic rings. The van der Waals surface area contributed by atoms with E-state index in [1.54, 1.807) is 0 Å². The maximum Gasteiger partial charge on any atom is 0.573 e. The molecule has 0 amide bonds. The molecule has 4 nitrogen and oxygen atoms in total. The molecule has 0 saturated carbocycles. The molecule has 1 heterocycles. The zero-order valence-electron chi connectivity index (χ0n) is 8.84. The van der Waals surface area contributed by atoms with Gasteiger partial charge in [-0.05, 0) is 0 Å². The Morgan fingerprint density at radius 2 is 2.00 bits per heavy atom. The second-order valence-electron chi connectivity index (χ2n) is 3.18. The Hall–Kier alpha value is -1.48. The van der Waals surface area contributed by atoms with Gasteiger partial charge in [-0.2, -0.15) is 0 Å². The number of hydrogen-bond donors (Lipinski definition) is 2. The highest BCUT2D eigenvalue weighted by Gasteiger charge is 2.34. The van der Waals surface area contributed by atoms with Crippen LogP contribution in [0.1, 0.15) is 23.2 Å². The van der Waals surface area contributed by atoms with Crippen molar-refractivity contribution in [1.82, 2.24) is 4.98 Å². The largest absolute Gasteiger partial charge is 0.573 e. The number of alkyl halides is 5. The summed E-state index contributed by atoms with van der Waals surface area (Å²) in [4.78, 5) is 3.30. The molecule has 1 aromatic rings. The topological polar surface area (TPSA) is 68.4 Å². The molecule has 0 bridgehead atoms. The molecule has 0 spiro atoms. The maximum atomic E-state index is 12.6. The number of nitrogens with zero attached hydrogens (tertiary/aromatic N) is 1. The van der Waals surface area contributed by atoms with E-state index in [0.29, 0.717) is 6.20 Å². The number of halogens is 5. The molecule has 0 aliphatic carbocycles. The van der Waals surface area contributed by atoms with E-state index in [0.717, 1.165) is 0 Å². The van der Waals surface area contributed by atoms with Crippen molar-refractivity contribution in [2.24, 2.45) is 5.73 Å². The lowest BCUT2D eigenvalue weighted by molar-refractivity contribution is -0.275. The average molecular weight is 272 g/mol. The third-order valence-electron chi connectivity index (χ3n) is 2.05. The molecule has 3 N–H and O–H groups in total. The first kappa shape index (κ1) is 14.6. The summed E-state index contributed by atoms with van der Waals surface area (Å²) in [6.45, 7) is -1.48. The van der Waals surface area contributed by atoms with E-state index in [1.807, 2.05) is 0 Å². The molecule has 0 unspecified atom stereocenters. The van der Waals surface area contributed by atoms with Gasteiger partial charge in [-0.3, -0.25) is 4.98 Å². The SMILES string of the molecule is NCc1c(C(F)F)cnc(CO)c1OC(F)(F)F. The molecule has 0 radical (unpaired) electrons. The monoisotopic (exact) mass is 272 g/mol. The van der Waals surface area contributed by atoms with E-state index >= 15 is 0 Å². The van der Waals surface area contributed by atoms with E-state index in [4.69, 9.17) is 10.8 Å². The van der Waals surface area contributed by atoms with Gasteiger partial charge >= 0.3 is 6.36 Å². The highest BCUT2D eigenvalue weighted by Crippen LogP contribution is 2.34. The summed E-state index contributed by atoms with van der Waals surface area (Å²) in [6, 6.07) is 0. The van der Waals surface area contributed by atoms with Crippen LogP contribution in [0.25, 0.3) is 0 Å². The van der Waals surface area contributed by atoms with Gasteiger partial charge in [0.1, 0.15) is 5.69 Å². The summed E-state index contributed by atoms with van der Waals surface area (Å²) in [6.07, 6.45) is -7.46. The van der Waals surface area contributed by atoms with Crippen molar-refractivity contribution < 1.29 is 31.8 Å².